The van der Waals surface area contributed by atoms with Crippen molar-refractivity contribution in [2.24, 2.45) is 5.92 Å². The molecule has 0 unspecified atom stereocenters. The highest BCUT2D eigenvalue weighted by Gasteiger charge is 2.19. The predicted molar refractivity (Wildman–Crippen MR) is 125 cm³/mol. The summed E-state index contributed by atoms with van der Waals surface area (Å²) in [6.07, 6.45) is 1.92. The number of carbonyl (C=O) groups excluding carboxylic acids is 1. The number of amides is 1. The minimum atomic E-state index is -0.160. The lowest BCUT2D eigenvalue weighted by molar-refractivity contribution is -0.116. The molecule has 0 aliphatic rings. The quantitative estimate of drug-likeness (QED) is 0.441. The first kappa shape index (κ1) is 22.2. The number of benzene rings is 1. The fourth-order valence-electron chi connectivity index (χ4n) is 3.68. The van der Waals surface area contributed by atoms with Gasteiger partial charge in [0.05, 0.1) is 5.52 Å². The number of nitrogens with zero attached hydrogens (tertiary/aromatic N) is 3. The molecule has 30 heavy (non-hydrogen) atoms. The van der Waals surface area contributed by atoms with Gasteiger partial charge in [-0.2, -0.15) is 0 Å². The van der Waals surface area contributed by atoms with Crippen LogP contribution in [0.1, 0.15) is 44.9 Å². The maximum atomic E-state index is 13.3. The van der Waals surface area contributed by atoms with E-state index in [0.29, 0.717) is 34.6 Å². The summed E-state index contributed by atoms with van der Waals surface area (Å²) in [5.74, 6) is 0.452. The van der Waals surface area contributed by atoms with Gasteiger partial charge in [-0.1, -0.05) is 57.7 Å². The number of aromatic nitrogens is 3. The van der Waals surface area contributed by atoms with Crippen molar-refractivity contribution in [3.05, 3.63) is 51.9 Å². The van der Waals surface area contributed by atoms with Crippen LogP contribution in [0.5, 0.6) is 0 Å². The van der Waals surface area contributed by atoms with Crippen LogP contribution in [0.15, 0.2) is 40.3 Å². The van der Waals surface area contributed by atoms with Crippen molar-refractivity contribution in [1.29, 1.82) is 0 Å². The molecule has 0 saturated heterocycles. The number of anilines is 1. The first-order valence-corrected chi connectivity index (χ1v) is 11.5. The number of hydrogen-bond acceptors (Lipinski definition) is 4. The third kappa shape index (κ3) is 4.46. The number of aryl methyl sites for hydroxylation is 1. The van der Waals surface area contributed by atoms with Gasteiger partial charge < -0.3 is 9.88 Å². The Bertz CT molecular complexity index is 1130. The molecule has 0 spiro atoms. The van der Waals surface area contributed by atoms with Crippen molar-refractivity contribution in [3.8, 4) is 0 Å². The molecule has 0 radical (unpaired) electrons. The lowest BCUT2D eigenvalue weighted by Gasteiger charge is -2.16. The zero-order chi connectivity index (χ0) is 22.0. The monoisotopic (exact) mass is 426 g/mol. The minimum Gasteiger partial charge on any atom is -0.330 e. The molecule has 1 aromatic carbocycles. The predicted octanol–water partition coefficient (Wildman–Crippen LogP) is 4.65. The molecule has 160 valence electrons. The lowest BCUT2D eigenvalue weighted by atomic mass is 10.0. The van der Waals surface area contributed by atoms with Gasteiger partial charge in [0.15, 0.2) is 5.16 Å². The first-order chi connectivity index (χ1) is 14.2. The standard InChI is InChI=1S/C23H30N4O2S/c1-14(2)12-27-22(29)21-19(25-23(27)30-6)11-16(5)26(21)13-20(28)24-18-10-8-7-9-17(18)15(3)4/h7-11,14-15H,12-13H2,1-6H3,(H,24,28). The van der Waals surface area contributed by atoms with E-state index in [1.54, 1.807) is 9.13 Å². The highest BCUT2D eigenvalue weighted by Crippen LogP contribution is 2.24. The van der Waals surface area contributed by atoms with Crippen LogP contribution in [-0.2, 0) is 17.9 Å². The summed E-state index contributed by atoms with van der Waals surface area (Å²) in [5.41, 5.74) is 3.77. The van der Waals surface area contributed by atoms with E-state index in [1.165, 1.54) is 11.8 Å². The normalized spacial score (nSPS) is 11.6. The first-order valence-electron chi connectivity index (χ1n) is 10.3. The third-order valence-corrected chi connectivity index (χ3v) is 5.74. The minimum absolute atomic E-state index is 0.0684. The number of carbonyl (C=O) groups is 1. The molecule has 1 amide bonds. The number of fused-ring (bicyclic) bond motifs is 1. The van der Waals surface area contributed by atoms with Gasteiger partial charge in [0.1, 0.15) is 12.1 Å². The van der Waals surface area contributed by atoms with E-state index >= 15 is 0 Å². The molecule has 2 heterocycles. The molecule has 0 fully saturated rings. The number of nitrogens with one attached hydrogen (secondary N) is 1. The van der Waals surface area contributed by atoms with Crippen LogP contribution >= 0.6 is 11.8 Å². The molecule has 0 bridgehead atoms. The zero-order valence-electron chi connectivity index (χ0n) is 18.5. The Hall–Kier alpha value is -2.54. The molecule has 0 aliphatic carbocycles. The molecule has 3 aromatic rings. The molecule has 3 rings (SSSR count). The summed E-state index contributed by atoms with van der Waals surface area (Å²) in [4.78, 5) is 30.9. The molecule has 7 heteroatoms. The Balaban J connectivity index is 1.99. The van der Waals surface area contributed by atoms with Crippen molar-refractivity contribution in [3.63, 3.8) is 0 Å². The van der Waals surface area contributed by atoms with Gasteiger partial charge in [-0.15, -0.1) is 0 Å². The molecular weight excluding hydrogens is 396 g/mol. The molecule has 0 atom stereocenters. The van der Waals surface area contributed by atoms with E-state index in [1.807, 2.05) is 43.5 Å². The van der Waals surface area contributed by atoms with Crippen LogP contribution in [-0.4, -0.2) is 26.3 Å². The molecule has 6 nitrogen and oxygen atoms in total. The molecular formula is C23H30N4O2S. The second kappa shape index (κ2) is 9.08. The van der Waals surface area contributed by atoms with Gasteiger partial charge >= 0.3 is 0 Å². The van der Waals surface area contributed by atoms with E-state index in [2.05, 4.69) is 33.0 Å². The van der Waals surface area contributed by atoms with Crippen molar-refractivity contribution < 1.29 is 4.79 Å². The van der Waals surface area contributed by atoms with Crippen LogP contribution < -0.4 is 10.9 Å². The van der Waals surface area contributed by atoms with E-state index in [-0.39, 0.29) is 18.0 Å². The lowest BCUT2D eigenvalue weighted by Crippen LogP contribution is -2.28. The van der Waals surface area contributed by atoms with Crippen LogP contribution in [0.2, 0.25) is 0 Å². The Labute approximate surface area is 181 Å². The second-order valence-corrected chi connectivity index (χ2v) is 9.08. The van der Waals surface area contributed by atoms with Crippen molar-refractivity contribution in [2.45, 2.75) is 58.8 Å². The fraction of sp³-hybridized carbons (Fsp3) is 0.435. The smallest absolute Gasteiger partial charge is 0.278 e. The van der Waals surface area contributed by atoms with E-state index < -0.39 is 0 Å². The Kier molecular flexibility index (Phi) is 6.71. The van der Waals surface area contributed by atoms with Crippen LogP contribution in [0, 0.1) is 12.8 Å². The van der Waals surface area contributed by atoms with Gasteiger partial charge in [0.25, 0.3) is 5.56 Å². The fourth-order valence-corrected chi connectivity index (χ4v) is 4.25. The zero-order valence-corrected chi connectivity index (χ0v) is 19.3. The van der Waals surface area contributed by atoms with Crippen LogP contribution in [0.3, 0.4) is 0 Å². The number of para-hydroxylation sites is 1. The topological polar surface area (TPSA) is 68.9 Å². The molecule has 2 aromatic heterocycles. The highest BCUT2D eigenvalue weighted by molar-refractivity contribution is 7.98. The maximum Gasteiger partial charge on any atom is 0.278 e. The van der Waals surface area contributed by atoms with Gasteiger partial charge in [-0.25, -0.2) is 4.98 Å². The summed E-state index contributed by atoms with van der Waals surface area (Å²) in [5, 5.41) is 3.72. The average Bonchev–Trinajstić information content (AvgIpc) is 2.99. The molecule has 1 N–H and O–H groups in total. The molecule has 0 aliphatic heterocycles. The Morgan fingerprint density at radius 3 is 2.50 bits per heavy atom. The average molecular weight is 427 g/mol. The van der Waals surface area contributed by atoms with Gasteiger partial charge in [0, 0.05) is 17.9 Å². The summed E-state index contributed by atoms with van der Waals surface area (Å²) < 4.78 is 3.50. The number of rotatable bonds is 7. The van der Waals surface area contributed by atoms with E-state index in [9.17, 15) is 9.59 Å². The second-order valence-electron chi connectivity index (χ2n) is 8.30. The van der Waals surface area contributed by atoms with Gasteiger partial charge in [-0.05, 0) is 42.7 Å². The van der Waals surface area contributed by atoms with Crippen molar-refractivity contribution >= 4 is 34.4 Å². The molecule has 0 saturated carbocycles. The van der Waals surface area contributed by atoms with Gasteiger partial charge in [-0.3, -0.25) is 14.2 Å². The van der Waals surface area contributed by atoms with Crippen LogP contribution in [0.4, 0.5) is 5.69 Å². The highest BCUT2D eigenvalue weighted by atomic mass is 32.2. The van der Waals surface area contributed by atoms with Crippen LogP contribution in [0.25, 0.3) is 11.0 Å². The summed E-state index contributed by atoms with van der Waals surface area (Å²) in [6, 6.07) is 9.70. The van der Waals surface area contributed by atoms with Crippen molar-refractivity contribution in [2.75, 3.05) is 11.6 Å². The summed E-state index contributed by atoms with van der Waals surface area (Å²) in [7, 11) is 0. The largest absolute Gasteiger partial charge is 0.330 e. The van der Waals surface area contributed by atoms with E-state index in [0.717, 1.165) is 16.9 Å². The SMILES string of the molecule is CSc1nc2cc(C)n(CC(=O)Nc3ccccc3C(C)C)c2c(=O)n1CC(C)C. The number of hydrogen-bond donors (Lipinski definition) is 1. The Morgan fingerprint density at radius 2 is 1.87 bits per heavy atom. The third-order valence-electron chi connectivity index (χ3n) is 5.07. The summed E-state index contributed by atoms with van der Waals surface area (Å²) >= 11 is 1.46. The Morgan fingerprint density at radius 1 is 1.17 bits per heavy atom. The van der Waals surface area contributed by atoms with Gasteiger partial charge in [0.2, 0.25) is 5.91 Å². The van der Waals surface area contributed by atoms with Crippen molar-refractivity contribution in [1.82, 2.24) is 14.1 Å². The summed E-state index contributed by atoms with van der Waals surface area (Å²) in [6.45, 7) is 10.9. The van der Waals surface area contributed by atoms with E-state index in [4.69, 9.17) is 4.98 Å². The number of thioether (sulfide) groups is 1. The maximum absolute atomic E-state index is 13.3.